The van der Waals surface area contributed by atoms with Crippen molar-refractivity contribution in [1.29, 1.82) is 0 Å². The van der Waals surface area contributed by atoms with Crippen molar-refractivity contribution in [2.45, 2.75) is 6.92 Å². The van der Waals surface area contributed by atoms with Crippen LogP contribution in [0.1, 0.15) is 21.7 Å². The highest BCUT2D eigenvalue weighted by molar-refractivity contribution is 7.80. The molecule has 0 bridgehead atoms. The van der Waals surface area contributed by atoms with E-state index in [0.717, 1.165) is 5.69 Å². The van der Waals surface area contributed by atoms with E-state index in [4.69, 9.17) is 29.6 Å². The standard InChI is InChI=1S/C14H12ClN3OS/c1-8-3-2-4-11(17-8)14(19)18-12-7-9(13(16)20)5-6-10(12)15/h2-7H,1H3,(H2,16,20)(H,18,19). The third kappa shape index (κ3) is 3.31. The number of amides is 1. The zero-order valence-corrected chi connectivity index (χ0v) is 12.3. The summed E-state index contributed by atoms with van der Waals surface area (Å²) >= 11 is 10.9. The number of halogens is 1. The number of hydrogen-bond acceptors (Lipinski definition) is 3. The monoisotopic (exact) mass is 305 g/mol. The number of aryl methyl sites for hydroxylation is 1. The maximum absolute atomic E-state index is 12.1. The lowest BCUT2D eigenvalue weighted by Gasteiger charge is -2.09. The minimum Gasteiger partial charge on any atom is -0.389 e. The molecule has 0 fully saturated rings. The lowest BCUT2D eigenvalue weighted by atomic mass is 10.2. The number of nitrogens with one attached hydrogen (secondary N) is 1. The molecule has 0 unspecified atom stereocenters. The summed E-state index contributed by atoms with van der Waals surface area (Å²) in [4.78, 5) is 16.5. The number of nitrogens with two attached hydrogens (primary N) is 1. The molecule has 2 aromatic rings. The van der Waals surface area contributed by atoms with Crippen LogP contribution < -0.4 is 11.1 Å². The molecule has 0 aliphatic heterocycles. The van der Waals surface area contributed by atoms with Gasteiger partial charge in [0.05, 0.1) is 10.7 Å². The van der Waals surface area contributed by atoms with Crippen LogP contribution in [0.15, 0.2) is 36.4 Å². The third-order valence-corrected chi connectivity index (χ3v) is 3.19. The Hall–Kier alpha value is -1.98. The Kier molecular flexibility index (Phi) is 4.32. The summed E-state index contributed by atoms with van der Waals surface area (Å²) in [5, 5.41) is 3.11. The molecule has 1 aromatic carbocycles. The fraction of sp³-hybridized carbons (Fsp3) is 0.0714. The molecule has 4 nitrogen and oxygen atoms in total. The second-order valence-electron chi connectivity index (χ2n) is 4.18. The molecule has 102 valence electrons. The van der Waals surface area contributed by atoms with Gasteiger partial charge in [0.1, 0.15) is 10.7 Å². The van der Waals surface area contributed by atoms with Crippen molar-refractivity contribution in [3.63, 3.8) is 0 Å². The van der Waals surface area contributed by atoms with Crippen LogP contribution in [-0.2, 0) is 0 Å². The zero-order chi connectivity index (χ0) is 14.7. The van der Waals surface area contributed by atoms with E-state index in [0.29, 0.717) is 22.0 Å². The normalized spacial score (nSPS) is 10.1. The van der Waals surface area contributed by atoms with Crippen molar-refractivity contribution >= 4 is 40.4 Å². The first-order chi connectivity index (χ1) is 9.47. The molecule has 1 heterocycles. The van der Waals surface area contributed by atoms with Crippen LogP contribution in [0.25, 0.3) is 0 Å². The Balaban J connectivity index is 2.27. The number of benzene rings is 1. The van der Waals surface area contributed by atoms with Crippen LogP contribution in [0.2, 0.25) is 5.02 Å². The van der Waals surface area contributed by atoms with E-state index in [1.54, 1.807) is 30.3 Å². The Morgan fingerprint density at radius 3 is 2.75 bits per heavy atom. The molecule has 1 amide bonds. The number of hydrogen-bond donors (Lipinski definition) is 2. The molecule has 0 atom stereocenters. The fourth-order valence-corrected chi connectivity index (χ4v) is 1.92. The van der Waals surface area contributed by atoms with Crippen molar-refractivity contribution in [1.82, 2.24) is 4.98 Å². The van der Waals surface area contributed by atoms with E-state index in [1.165, 1.54) is 0 Å². The molecule has 0 spiro atoms. The van der Waals surface area contributed by atoms with E-state index in [-0.39, 0.29) is 10.9 Å². The second kappa shape index (κ2) is 5.98. The number of carbonyl (C=O) groups excluding carboxylic acids is 1. The van der Waals surface area contributed by atoms with Gasteiger partial charge in [-0.1, -0.05) is 36.0 Å². The first-order valence-corrected chi connectivity index (χ1v) is 6.60. The summed E-state index contributed by atoms with van der Waals surface area (Å²) in [5.41, 5.74) is 7.73. The molecule has 0 aliphatic carbocycles. The second-order valence-corrected chi connectivity index (χ2v) is 5.02. The van der Waals surface area contributed by atoms with Crippen molar-refractivity contribution in [2.75, 3.05) is 5.32 Å². The van der Waals surface area contributed by atoms with E-state index < -0.39 is 0 Å². The summed E-state index contributed by atoms with van der Waals surface area (Å²) < 4.78 is 0. The number of nitrogens with zero attached hydrogens (tertiary/aromatic N) is 1. The van der Waals surface area contributed by atoms with Crippen molar-refractivity contribution in [3.05, 3.63) is 58.4 Å². The van der Waals surface area contributed by atoms with Crippen molar-refractivity contribution < 1.29 is 4.79 Å². The number of aromatic nitrogens is 1. The molecule has 1 aromatic heterocycles. The van der Waals surface area contributed by atoms with Gasteiger partial charge < -0.3 is 11.1 Å². The molecular weight excluding hydrogens is 294 g/mol. The molecule has 6 heteroatoms. The highest BCUT2D eigenvalue weighted by Crippen LogP contribution is 2.23. The van der Waals surface area contributed by atoms with Gasteiger partial charge in [0.2, 0.25) is 0 Å². The maximum atomic E-state index is 12.1. The van der Waals surface area contributed by atoms with E-state index in [2.05, 4.69) is 10.3 Å². The predicted octanol–water partition coefficient (Wildman–Crippen LogP) is 2.93. The topological polar surface area (TPSA) is 68.0 Å². The molecule has 0 aliphatic rings. The number of carbonyl (C=O) groups is 1. The molecule has 0 saturated heterocycles. The first kappa shape index (κ1) is 14.4. The molecule has 3 N–H and O–H groups in total. The molecule has 20 heavy (non-hydrogen) atoms. The zero-order valence-electron chi connectivity index (χ0n) is 10.7. The summed E-state index contributed by atoms with van der Waals surface area (Å²) in [7, 11) is 0. The van der Waals surface area contributed by atoms with Gasteiger partial charge in [-0.05, 0) is 31.2 Å². The summed E-state index contributed by atoms with van der Waals surface area (Å²) in [6.45, 7) is 1.82. The summed E-state index contributed by atoms with van der Waals surface area (Å²) in [5.74, 6) is -0.337. The van der Waals surface area contributed by atoms with Gasteiger partial charge in [0, 0.05) is 11.3 Å². The Labute approximate surface area is 127 Å². The van der Waals surface area contributed by atoms with Crippen LogP contribution in [-0.4, -0.2) is 15.9 Å². The molecule has 0 saturated carbocycles. The summed E-state index contributed by atoms with van der Waals surface area (Å²) in [6.07, 6.45) is 0. The van der Waals surface area contributed by atoms with Crippen LogP contribution in [0.4, 0.5) is 5.69 Å². The van der Waals surface area contributed by atoms with Gasteiger partial charge in [-0.3, -0.25) is 4.79 Å². The largest absolute Gasteiger partial charge is 0.389 e. The first-order valence-electron chi connectivity index (χ1n) is 5.82. The number of rotatable bonds is 3. The highest BCUT2D eigenvalue weighted by Gasteiger charge is 2.11. The van der Waals surface area contributed by atoms with Gasteiger partial charge in [0.25, 0.3) is 5.91 Å². The quantitative estimate of drug-likeness (QED) is 0.856. The predicted molar refractivity (Wildman–Crippen MR) is 84.3 cm³/mol. The molecule has 2 rings (SSSR count). The highest BCUT2D eigenvalue weighted by atomic mass is 35.5. The van der Waals surface area contributed by atoms with Crippen molar-refractivity contribution in [2.24, 2.45) is 5.73 Å². The van der Waals surface area contributed by atoms with Crippen LogP contribution >= 0.6 is 23.8 Å². The minimum atomic E-state index is -0.337. The van der Waals surface area contributed by atoms with Crippen LogP contribution in [0, 0.1) is 6.92 Å². The Bertz CT molecular complexity index is 688. The van der Waals surface area contributed by atoms with E-state index in [1.807, 2.05) is 13.0 Å². The van der Waals surface area contributed by atoms with E-state index in [9.17, 15) is 4.79 Å². The van der Waals surface area contributed by atoms with Crippen LogP contribution in [0.3, 0.4) is 0 Å². The fourth-order valence-electron chi connectivity index (χ4n) is 1.63. The van der Waals surface area contributed by atoms with Gasteiger partial charge in [-0.15, -0.1) is 0 Å². The summed E-state index contributed by atoms with van der Waals surface area (Å²) in [6, 6.07) is 10.2. The third-order valence-electron chi connectivity index (χ3n) is 2.62. The molecular formula is C14H12ClN3OS. The minimum absolute atomic E-state index is 0.242. The SMILES string of the molecule is Cc1cccc(C(=O)Nc2cc(C(N)=S)ccc2Cl)n1. The lowest BCUT2D eigenvalue weighted by molar-refractivity contribution is 0.102. The van der Waals surface area contributed by atoms with Gasteiger partial charge in [0.15, 0.2) is 0 Å². The van der Waals surface area contributed by atoms with Gasteiger partial charge in [-0.2, -0.15) is 0 Å². The average molecular weight is 306 g/mol. The Morgan fingerprint density at radius 1 is 1.35 bits per heavy atom. The van der Waals surface area contributed by atoms with Gasteiger partial charge >= 0.3 is 0 Å². The lowest BCUT2D eigenvalue weighted by Crippen LogP contribution is -2.15. The smallest absolute Gasteiger partial charge is 0.274 e. The average Bonchev–Trinajstić information content (AvgIpc) is 2.41. The van der Waals surface area contributed by atoms with Gasteiger partial charge in [-0.25, -0.2) is 4.98 Å². The van der Waals surface area contributed by atoms with E-state index >= 15 is 0 Å². The molecule has 0 radical (unpaired) electrons. The van der Waals surface area contributed by atoms with Crippen molar-refractivity contribution in [3.8, 4) is 0 Å². The Morgan fingerprint density at radius 2 is 2.10 bits per heavy atom. The number of anilines is 1. The maximum Gasteiger partial charge on any atom is 0.274 e. The number of pyridine rings is 1. The number of thiocarbonyl (C=S) groups is 1. The van der Waals surface area contributed by atoms with Crippen LogP contribution in [0.5, 0.6) is 0 Å².